The smallest absolute Gasteiger partial charge is 0.112 e. The molecule has 108 valence electrons. The van der Waals surface area contributed by atoms with Crippen LogP contribution in [0.4, 0.5) is 0 Å². The Morgan fingerprint density at radius 2 is 2.05 bits per heavy atom. The van der Waals surface area contributed by atoms with E-state index in [2.05, 4.69) is 76.7 Å². The summed E-state index contributed by atoms with van der Waals surface area (Å²) in [5.74, 6) is 1.08. The van der Waals surface area contributed by atoms with Crippen molar-refractivity contribution in [1.29, 1.82) is 0 Å². The second-order valence-corrected chi connectivity index (χ2v) is 6.80. The molecule has 0 amide bonds. The van der Waals surface area contributed by atoms with E-state index in [4.69, 9.17) is 0 Å². The summed E-state index contributed by atoms with van der Waals surface area (Å²) in [6.07, 6.45) is 4.79. The summed E-state index contributed by atoms with van der Waals surface area (Å²) in [6.45, 7) is 9.50. The van der Waals surface area contributed by atoms with Crippen molar-refractivity contribution in [1.82, 2.24) is 14.9 Å². The van der Waals surface area contributed by atoms with Gasteiger partial charge in [-0.1, -0.05) is 28.9 Å². The number of rotatable bonds is 4. The van der Waals surface area contributed by atoms with Crippen LogP contribution in [0.2, 0.25) is 0 Å². The number of nitrogens with one attached hydrogen (secondary N) is 1. The lowest BCUT2D eigenvalue weighted by molar-refractivity contribution is 0.424. The van der Waals surface area contributed by atoms with Gasteiger partial charge in [-0.3, -0.25) is 0 Å². The van der Waals surface area contributed by atoms with Crippen LogP contribution in [0.1, 0.15) is 39.1 Å². The molecule has 1 aromatic carbocycles. The Hall–Kier alpha value is -1.13. The van der Waals surface area contributed by atoms with Crippen molar-refractivity contribution in [3.63, 3.8) is 0 Å². The molecular weight excluding hydrogens is 314 g/mol. The third kappa shape index (κ3) is 3.70. The number of hydrogen-bond donors (Lipinski definition) is 1. The maximum absolute atomic E-state index is 4.37. The van der Waals surface area contributed by atoms with Crippen LogP contribution in [0, 0.1) is 0 Å². The fourth-order valence-corrected chi connectivity index (χ4v) is 2.53. The van der Waals surface area contributed by atoms with Gasteiger partial charge in [0.2, 0.25) is 0 Å². The molecule has 0 saturated carbocycles. The fraction of sp³-hybridized carbons (Fsp3) is 0.438. The monoisotopic (exact) mass is 335 g/mol. The third-order valence-electron chi connectivity index (χ3n) is 3.16. The summed E-state index contributed by atoms with van der Waals surface area (Å²) in [4.78, 5) is 4.37. The number of aryl methyl sites for hydroxylation is 1. The van der Waals surface area contributed by atoms with Crippen LogP contribution in [0.5, 0.6) is 0 Å². The summed E-state index contributed by atoms with van der Waals surface area (Å²) in [5, 5.41) is 3.51. The van der Waals surface area contributed by atoms with E-state index in [-0.39, 0.29) is 5.54 Å². The predicted molar refractivity (Wildman–Crippen MR) is 87.2 cm³/mol. The minimum absolute atomic E-state index is 0.123. The molecule has 0 radical (unpaired) electrons. The van der Waals surface area contributed by atoms with Gasteiger partial charge < -0.3 is 9.88 Å². The van der Waals surface area contributed by atoms with Gasteiger partial charge >= 0.3 is 0 Å². The Morgan fingerprint density at radius 3 is 2.65 bits per heavy atom. The molecule has 0 aliphatic rings. The van der Waals surface area contributed by atoms with E-state index in [1.807, 2.05) is 12.4 Å². The summed E-state index contributed by atoms with van der Waals surface area (Å²) >= 11 is 3.67. The van der Waals surface area contributed by atoms with E-state index in [0.717, 1.165) is 29.0 Å². The first-order valence-electron chi connectivity index (χ1n) is 6.97. The minimum atomic E-state index is 0.123. The fourth-order valence-electron chi connectivity index (χ4n) is 2.02. The largest absolute Gasteiger partial charge is 0.308 e. The molecule has 3 nitrogen and oxygen atoms in total. The summed E-state index contributed by atoms with van der Waals surface area (Å²) in [6, 6.07) is 6.46. The highest BCUT2D eigenvalue weighted by Gasteiger charge is 2.11. The molecule has 4 heteroatoms. The van der Waals surface area contributed by atoms with Crippen LogP contribution in [0.15, 0.2) is 35.1 Å². The highest BCUT2D eigenvalue weighted by molar-refractivity contribution is 9.10. The molecule has 0 fully saturated rings. The molecule has 0 spiro atoms. The summed E-state index contributed by atoms with van der Waals surface area (Å²) in [7, 11) is 0. The van der Waals surface area contributed by atoms with Crippen molar-refractivity contribution in [3.05, 3.63) is 46.5 Å². The Balaban J connectivity index is 2.22. The van der Waals surface area contributed by atoms with Gasteiger partial charge in [0.25, 0.3) is 0 Å². The first-order chi connectivity index (χ1) is 9.40. The Kier molecular flexibility index (Phi) is 4.66. The molecule has 20 heavy (non-hydrogen) atoms. The average Bonchev–Trinajstić information content (AvgIpc) is 2.84. The van der Waals surface area contributed by atoms with Crippen molar-refractivity contribution in [2.75, 3.05) is 0 Å². The molecule has 0 aliphatic heterocycles. The maximum atomic E-state index is 4.37. The van der Waals surface area contributed by atoms with E-state index in [1.54, 1.807) is 0 Å². The van der Waals surface area contributed by atoms with Gasteiger partial charge in [0.05, 0.1) is 0 Å². The Morgan fingerprint density at radius 1 is 1.30 bits per heavy atom. The molecule has 0 unspecified atom stereocenters. The van der Waals surface area contributed by atoms with Crippen LogP contribution in [0.3, 0.4) is 0 Å². The molecule has 0 bridgehead atoms. The van der Waals surface area contributed by atoms with E-state index in [0.29, 0.717) is 0 Å². The van der Waals surface area contributed by atoms with Gasteiger partial charge in [-0.05, 0) is 38.5 Å². The molecule has 1 N–H and O–H groups in total. The Labute approximate surface area is 129 Å². The molecule has 0 atom stereocenters. The number of halogens is 1. The summed E-state index contributed by atoms with van der Waals surface area (Å²) in [5.41, 5.74) is 2.53. The van der Waals surface area contributed by atoms with Crippen LogP contribution < -0.4 is 5.32 Å². The number of hydrogen-bond acceptors (Lipinski definition) is 2. The van der Waals surface area contributed by atoms with E-state index in [9.17, 15) is 0 Å². The number of aromatic nitrogens is 2. The number of nitrogens with zero attached hydrogens (tertiary/aromatic N) is 2. The SMILES string of the molecule is CCc1nccn1-c1ccc(CNC(C)(C)C)c(Br)c1. The van der Waals surface area contributed by atoms with Crippen molar-refractivity contribution in [2.45, 2.75) is 46.2 Å². The average molecular weight is 336 g/mol. The predicted octanol–water partition coefficient (Wildman–Crippen LogP) is 4.09. The zero-order valence-electron chi connectivity index (χ0n) is 12.6. The van der Waals surface area contributed by atoms with Gasteiger partial charge in [0, 0.05) is 41.1 Å². The molecule has 1 heterocycles. The molecule has 2 rings (SSSR count). The van der Waals surface area contributed by atoms with Gasteiger partial charge in [0.1, 0.15) is 5.82 Å². The summed E-state index contributed by atoms with van der Waals surface area (Å²) < 4.78 is 3.26. The second kappa shape index (κ2) is 6.10. The van der Waals surface area contributed by atoms with Crippen molar-refractivity contribution < 1.29 is 0 Å². The van der Waals surface area contributed by atoms with Crippen LogP contribution in [-0.4, -0.2) is 15.1 Å². The van der Waals surface area contributed by atoms with Crippen LogP contribution in [-0.2, 0) is 13.0 Å². The van der Waals surface area contributed by atoms with E-state index < -0.39 is 0 Å². The second-order valence-electron chi connectivity index (χ2n) is 5.95. The quantitative estimate of drug-likeness (QED) is 0.912. The highest BCUT2D eigenvalue weighted by atomic mass is 79.9. The number of benzene rings is 1. The Bertz CT molecular complexity index is 582. The van der Waals surface area contributed by atoms with Crippen LogP contribution >= 0.6 is 15.9 Å². The standard InChI is InChI=1S/C16H22BrN3/c1-5-15-18-8-9-20(15)13-7-6-12(14(17)10-13)11-19-16(2,3)4/h6-10,19H,5,11H2,1-4H3. The normalized spacial score (nSPS) is 11.8. The zero-order valence-corrected chi connectivity index (χ0v) is 14.2. The topological polar surface area (TPSA) is 29.9 Å². The van der Waals surface area contributed by atoms with Gasteiger partial charge in [-0.25, -0.2) is 4.98 Å². The van der Waals surface area contributed by atoms with Crippen molar-refractivity contribution >= 4 is 15.9 Å². The number of imidazole rings is 1. The maximum Gasteiger partial charge on any atom is 0.112 e. The van der Waals surface area contributed by atoms with Crippen molar-refractivity contribution in [3.8, 4) is 5.69 Å². The molecule has 1 aromatic heterocycles. The van der Waals surface area contributed by atoms with Gasteiger partial charge in [-0.2, -0.15) is 0 Å². The van der Waals surface area contributed by atoms with Gasteiger partial charge in [0.15, 0.2) is 0 Å². The zero-order chi connectivity index (χ0) is 14.8. The molecular formula is C16H22BrN3. The van der Waals surface area contributed by atoms with Gasteiger partial charge in [-0.15, -0.1) is 0 Å². The lowest BCUT2D eigenvalue weighted by atomic mass is 10.1. The molecule has 0 saturated heterocycles. The highest BCUT2D eigenvalue weighted by Crippen LogP contribution is 2.22. The third-order valence-corrected chi connectivity index (χ3v) is 3.90. The minimum Gasteiger partial charge on any atom is -0.308 e. The molecule has 2 aromatic rings. The van der Waals surface area contributed by atoms with Crippen LogP contribution in [0.25, 0.3) is 5.69 Å². The van der Waals surface area contributed by atoms with Crippen molar-refractivity contribution in [2.24, 2.45) is 0 Å². The lowest BCUT2D eigenvalue weighted by Gasteiger charge is -2.21. The lowest BCUT2D eigenvalue weighted by Crippen LogP contribution is -2.35. The molecule has 0 aliphatic carbocycles. The first-order valence-corrected chi connectivity index (χ1v) is 7.76. The van der Waals surface area contributed by atoms with E-state index in [1.165, 1.54) is 5.56 Å². The van der Waals surface area contributed by atoms with E-state index >= 15 is 0 Å². The first kappa shape index (κ1) is 15.3.